The highest BCUT2D eigenvalue weighted by Crippen LogP contribution is 2.11. The second-order valence-electron chi connectivity index (χ2n) is 5.48. The lowest BCUT2D eigenvalue weighted by molar-refractivity contribution is -0.136. The molecule has 0 saturated heterocycles. The molecule has 0 aliphatic carbocycles. The van der Waals surface area contributed by atoms with Gasteiger partial charge in [0.05, 0.1) is 12.2 Å². The second-order valence-corrected chi connectivity index (χ2v) is 7.57. The molecule has 0 atom stereocenters. The highest BCUT2D eigenvalue weighted by Gasteiger charge is 2.22. The molecule has 0 aliphatic rings. The van der Waals surface area contributed by atoms with Crippen LogP contribution in [-0.4, -0.2) is 42.6 Å². The van der Waals surface area contributed by atoms with Gasteiger partial charge in [-0.25, -0.2) is 12.7 Å². The van der Waals surface area contributed by atoms with Crippen molar-refractivity contribution < 1.29 is 18.3 Å². The van der Waals surface area contributed by atoms with Crippen molar-refractivity contribution in [2.24, 2.45) is 0 Å². The smallest absolute Gasteiger partial charge is 0.304 e. The Morgan fingerprint density at radius 3 is 1.76 bits per heavy atom. The number of hydrogen-bond acceptors (Lipinski definition) is 3. The quantitative estimate of drug-likeness (QED) is 0.498. The van der Waals surface area contributed by atoms with E-state index in [9.17, 15) is 13.2 Å². The van der Waals surface area contributed by atoms with Crippen molar-refractivity contribution in [3.8, 4) is 0 Å². The lowest BCUT2D eigenvalue weighted by Crippen LogP contribution is -2.35. The summed E-state index contributed by atoms with van der Waals surface area (Å²) < 4.78 is 26.0. The van der Waals surface area contributed by atoms with Gasteiger partial charge in [0.25, 0.3) is 0 Å². The molecule has 0 fully saturated rings. The van der Waals surface area contributed by atoms with Gasteiger partial charge in [0.1, 0.15) is 0 Å². The maximum Gasteiger partial charge on any atom is 0.304 e. The molecule has 0 radical (unpaired) electrons. The Hall–Kier alpha value is -0.620. The van der Waals surface area contributed by atoms with Crippen LogP contribution in [0.5, 0.6) is 0 Å². The van der Waals surface area contributed by atoms with E-state index in [-0.39, 0.29) is 12.2 Å². The first-order chi connectivity index (χ1) is 9.94. The maximum atomic E-state index is 12.2. The van der Waals surface area contributed by atoms with Crippen LogP contribution in [0.4, 0.5) is 0 Å². The number of aliphatic carboxylic acids is 1. The molecule has 0 heterocycles. The van der Waals surface area contributed by atoms with E-state index in [2.05, 4.69) is 13.8 Å². The third-order valence-electron chi connectivity index (χ3n) is 3.49. The maximum absolute atomic E-state index is 12.2. The first-order valence-corrected chi connectivity index (χ1v) is 9.74. The van der Waals surface area contributed by atoms with Crippen molar-refractivity contribution in [3.63, 3.8) is 0 Å². The predicted octanol–water partition coefficient (Wildman–Crippen LogP) is 3.25. The normalized spacial score (nSPS) is 12.0. The molecular formula is C15H31NO4S. The molecular weight excluding hydrogens is 290 g/mol. The molecule has 0 rings (SSSR count). The van der Waals surface area contributed by atoms with Crippen LogP contribution in [0, 0.1) is 0 Å². The number of unbranched alkanes of at least 4 members (excludes halogenated alkanes) is 6. The van der Waals surface area contributed by atoms with Gasteiger partial charge in [0.15, 0.2) is 0 Å². The molecule has 0 aromatic heterocycles. The summed E-state index contributed by atoms with van der Waals surface area (Å²) in [6.07, 6.45) is 7.89. The van der Waals surface area contributed by atoms with E-state index in [4.69, 9.17) is 5.11 Å². The van der Waals surface area contributed by atoms with Gasteiger partial charge in [-0.15, -0.1) is 0 Å². The highest BCUT2D eigenvalue weighted by molar-refractivity contribution is 7.89. The Morgan fingerprint density at radius 1 is 0.905 bits per heavy atom. The third-order valence-corrected chi connectivity index (χ3v) is 5.36. The molecule has 0 amide bonds. The topological polar surface area (TPSA) is 74.7 Å². The van der Waals surface area contributed by atoms with Crippen molar-refractivity contribution in [1.29, 1.82) is 0 Å². The highest BCUT2D eigenvalue weighted by atomic mass is 32.2. The third kappa shape index (κ3) is 10.7. The standard InChI is InChI=1S/C15H31NO4S/c1-3-5-7-9-12-16(13-10-8-6-4-2)21(19,20)14-11-15(17)18/h3-14H2,1-2H3,(H,17,18). The molecule has 0 aromatic carbocycles. The Labute approximate surface area is 129 Å². The Balaban J connectivity index is 4.41. The molecule has 0 saturated carbocycles. The van der Waals surface area contributed by atoms with Crippen LogP contribution in [-0.2, 0) is 14.8 Å². The second kappa shape index (κ2) is 12.0. The monoisotopic (exact) mass is 321 g/mol. The number of carboxylic acid groups (broad SMARTS) is 1. The zero-order valence-corrected chi connectivity index (χ0v) is 14.3. The summed E-state index contributed by atoms with van der Waals surface area (Å²) >= 11 is 0. The number of carbonyl (C=O) groups is 1. The predicted molar refractivity (Wildman–Crippen MR) is 85.9 cm³/mol. The van der Waals surface area contributed by atoms with Crippen LogP contribution < -0.4 is 0 Å². The Bertz CT molecular complexity index is 356. The Morgan fingerprint density at radius 2 is 1.38 bits per heavy atom. The molecule has 0 aromatic rings. The van der Waals surface area contributed by atoms with Crippen molar-refractivity contribution in [1.82, 2.24) is 4.31 Å². The molecule has 6 heteroatoms. The summed E-state index contributed by atoms with van der Waals surface area (Å²) in [6.45, 7) is 5.28. The van der Waals surface area contributed by atoms with Crippen molar-refractivity contribution in [2.75, 3.05) is 18.8 Å². The van der Waals surface area contributed by atoms with E-state index < -0.39 is 16.0 Å². The first-order valence-electron chi connectivity index (χ1n) is 8.13. The summed E-state index contributed by atoms with van der Waals surface area (Å²) in [5.41, 5.74) is 0. The van der Waals surface area contributed by atoms with E-state index in [0.29, 0.717) is 13.1 Å². The molecule has 0 spiro atoms. The molecule has 0 bridgehead atoms. The van der Waals surface area contributed by atoms with Gasteiger partial charge in [0, 0.05) is 13.1 Å². The zero-order chi connectivity index (χ0) is 16.1. The van der Waals surface area contributed by atoms with Gasteiger partial charge in [-0.1, -0.05) is 52.4 Å². The van der Waals surface area contributed by atoms with Crippen molar-refractivity contribution >= 4 is 16.0 Å². The van der Waals surface area contributed by atoms with Crippen LogP contribution in [0.2, 0.25) is 0 Å². The minimum Gasteiger partial charge on any atom is -0.481 e. The molecule has 1 N–H and O–H groups in total. The van der Waals surface area contributed by atoms with E-state index in [0.717, 1.165) is 51.4 Å². The van der Waals surface area contributed by atoms with E-state index in [1.165, 1.54) is 4.31 Å². The number of carboxylic acids is 1. The first kappa shape index (κ1) is 20.4. The molecule has 126 valence electrons. The van der Waals surface area contributed by atoms with E-state index in [1.54, 1.807) is 0 Å². The van der Waals surface area contributed by atoms with E-state index >= 15 is 0 Å². The van der Waals surface area contributed by atoms with Gasteiger partial charge in [0.2, 0.25) is 10.0 Å². The number of rotatable bonds is 14. The van der Waals surface area contributed by atoms with Crippen LogP contribution in [0.25, 0.3) is 0 Å². The molecule has 0 unspecified atom stereocenters. The summed E-state index contributed by atoms with van der Waals surface area (Å²) in [6, 6.07) is 0. The SMILES string of the molecule is CCCCCCN(CCCCCC)S(=O)(=O)CCC(=O)O. The molecule has 0 aliphatic heterocycles. The average molecular weight is 321 g/mol. The number of nitrogens with zero attached hydrogens (tertiary/aromatic N) is 1. The van der Waals surface area contributed by atoms with Crippen LogP contribution >= 0.6 is 0 Å². The fraction of sp³-hybridized carbons (Fsp3) is 0.933. The van der Waals surface area contributed by atoms with Gasteiger partial charge in [-0.3, -0.25) is 4.79 Å². The van der Waals surface area contributed by atoms with Crippen LogP contribution in [0.1, 0.15) is 71.6 Å². The molecule has 5 nitrogen and oxygen atoms in total. The summed E-state index contributed by atoms with van der Waals surface area (Å²) in [4.78, 5) is 10.6. The van der Waals surface area contributed by atoms with Gasteiger partial charge in [-0.2, -0.15) is 0 Å². The minimum atomic E-state index is -3.44. The zero-order valence-electron chi connectivity index (χ0n) is 13.5. The number of sulfonamides is 1. The molecule has 21 heavy (non-hydrogen) atoms. The number of hydrogen-bond donors (Lipinski definition) is 1. The lowest BCUT2D eigenvalue weighted by Gasteiger charge is -2.22. The Kier molecular flexibility index (Phi) is 11.6. The summed E-state index contributed by atoms with van der Waals surface area (Å²) in [7, 11) is -3.44. The van der Waals surface area contributed by atoms with Gasteiger partial charge in [-0.05, 0) is 12.8 Å². The van der Waals surface area contributed by atoms with Gasteiger partial charge >= 0.3 is 5.97 Å². The minimum absolute atomic E-state index is 0.288. The van der Waals surface area contributed by atoms with Crippen LogP contribution in [0.15, 0.2) is 0 Å². The summed E-state index contributed by atoms with van der Waals surface area (Å²) in [5, 5.41) is 8.67. The van der Waals surface area contributed by atoms with Crippen LogP contribution in [0.3, 0.4) is 0 Å². The van der Waals surface area contributed by atoms with Crippen molar-refractivity contribution in [2.45, 2.75) is 71.6 Å². The van der Waals surface area contributed by atoms with Gasteiger partial charge < -0.3 is 5.11 Å². The lowest BCUT2D eigenvalue weighted by atomic mass is 10.2. The van der Waals surface area contributed by atoms with E-state index in [1.807, 2.05) is 0 Å². The summed E-state index contributed by atoms with van der Waals surface area (Å²) in [5.74, 6) is -1.35. The fourth-order valence-corrected chi connectivity index (χ4v) is 3.67. The largest absolute Gasteiger partial charge is 0.481 e. The fourth-order valence-electron chi connectivity index (χ4n) is 2.17. The average Bonchev–Trinajstić information content (AvgIpc) is 2.43. The van der Waals surface area contributed by atoms with Crippen molar-refractivity contribution in [3.05, 3.63) is 0 Å².